The van der Waals surface area contributed by atoms with Crippen molar-refractivity contribution in [3.8, 4) is 5.88 Å². The van der Waals surface area contributed by atoms with Crippen molar-refractivity contribution in [2.45, 2.75) is 49.3 Å². The number of hydrogen-bond acceptors (Lipinski definition) is 7. The van der Waals surface area contributed by atoms with Crippen molar-refractivity contribution in [2.75, 3.05) is 27.4 Å². The Kier molecular flexibility index (Phi) is 3.70. The second kappa shape index (κ2) is 5.90. The van der Waals surface area contributed by atoms with Gasteiger partial charge >= 0.3 is 5.97 Å². The van der Waals surface area contributed by atoms with Crippen molar-refractivity contribution in [3.05, 3.63) is 17.8 Å². The SMILES string of the molecule is COCC12CC(n3cc4cc(C(=O)OC)c(OC5CCC5)nc4n3)(CO1)C2. The van der Waals surface area contributed by atoms with E-state index in [9.17, 15) is 4.79 Å². The van der Waals surface area contributed by atoms with Crippen molar-refractivity contribution in [2.24, 2.45) is 0 Å². The molecular weight excluding hydrogens is 350 g/mol. The van der Waals surface area contributed by atoms with E-state index in [1.165, 1.54) is 7.11 Å². The Morgan fingerprint density at radius 1 is 1.37 bits per heavy atom. The van der Waals surface area contributed by atoms with E-state index in [0.717, 1.165) is 37.5 Å². The second-order valence-corrected chi connectivity index (χ2v) is 7.97. The molecule has 0 amide bonds. The summed E-state index contributed by atoms with van der Waals surface area (Å²) >= 11 is 0. The van der Waals surface area contributed by atoms with E-state index in [-0.39, 0.29) is 17.2 Å². The zero-order valence-corrected chi connectivity index (χ0v) is 15.6. The lowest BCUT2D eigenvalue weighted by molar-refractivity contribution is -0.0694. The van der Waals surface area contributed by atoms with E-state index in [0.29, 0.717) is 30.3 Å². The first-order chi connectivity index (χ1) is 13.1. The van der Waals surface area contributed by atoms with E-state index in [4.69, 9.17) is 18.9 Å². The number of nitrogens with zero attached hydrogens (tertiary/aromatic N) is 3. The average Bonchev–Trinajstić information content (AvgIpc) is 3.27. The fourth-order valence-electron chi connectivity index (χ4n) is 4.45. The molecule has 2 aliphatic carbocycles. The highest BCUT2D eigenvalue weighted by molar-refractivity contribution is 5.95. The number of ether oxygens (including phenoxy) is 4. The smallest absolute Gasteiger partial charge is 0.343 e. The minimum atomic E-state index is -0.448. The molecule has 0 spiro atoms. The number of methoxy groups -OCH3 is 2. The minimum absolute atomic E-state index is 0.114. The van der Waals surface area contributed by atoms with Crippen LogP contribution in [0.5, 0.6) is 5.88 Å². The monoisotopic (exact) mass is 373 g/mol. The maximum absolute atomic E-state index is 12.2. The summed E-state index contributed by atoms with van der Waals surface area (Å²) < 4.78 is 24.1. The van der Waals surface area contributed by atoms with Gasteiger partial charge in [0.25, 0.3) is 0 Å². The molecule has 4 fully saturated rings. The van der Waals surface area contributed by atoms with E-state index < -0.39 is 5.97 Å². The molecule has 2 aromatic heterocycles. The van der Waals surface area contributed by atoms with Crippen molar-refractivity contribution < 1.29 is 23.7 Å². The van der Waals surface area contributed by atoms with Crippen LogP contribution in [-0.4, -0.2) is 59.9 Å². The summed E-state index contributed by atoms with van der Waals surface area (Å²) in [5, 5.41) is 5.48. The van der Waals surface area contributed by atoms with Crippen molar-refractivity contribution >= 4 is 17.0 Å². The molecule has 2 aromatic rings. The van der Waals surface area contributed by atoms with Gasteiger partial charge in [-0.2, -0.15) is 10.1 Å². The first-order valence-electron chi connectivity index (χ1n) is 9.35. The van der Waals surface area contributed by atoms with Gasteiger partial charge in [-0.05, 0) is 25.3 Å². The number of hydrogen-bond donors (Lipinski definition) is 0. The first-order valence-corrected chi connectivity index (χ1v) is 9.35. The van der Waals surface area contributed by atoms with Gasteiger partial charge in [0.2, 0.25) is 5.88 Å². The topological polar surface area (TPSA) is 84.7 Å². The number of carbonyl (C=O) groups excluding carboxylic acids is 1. The van der Waals surface area contributed by atoms with E-state index in [2.05, 4.69) is 10.1 Å². The summed E-state index contributed by atoms with van der Waals surface area (Å²) in [7, 11) is 3.06. The molecule has 4 heterocycles. The van der Waals surface area contributed by atoms with Gasteiger partial charge in [-0.25, -0.2) is 4.79 Å². The molecule has 4 aliphatic rings. The van der Waals surface area contributed by atoms with Crippen molar-refractivity contribution in [1.29, 1.82) is 0 Å². The summed E-state index contributed by atoms with van der Waals surface area (Å²) in [6, 6.07) is 1.76. The summed E-state index contributed by atoms with van der Waals surface area (Å²) in [6.45, 7) is 1.21. The fourth-order valence-corrected chi connectivity index (χ4v) is 4.45. The van der Waals surface area contributed by atoms with Crippen molar-refractivity contribution in [3.63, 3.8) is 0 Å². The third-order valence-corrected chi connectivity index (χ3v) is 6.04. The summed E-state index contributed by atoms with van der Waals surface area (Å²) in [5.74, 6) is -0.136. The van der Waals surface area contributed by atoms with Crippen LogP contribution in [0.25, 0.3) is 11.0 Å². The molecule has 0 N–H and O–H groups in total. The molecule has 6 rings (SSSR count). The molecule has 8 nitrogen and oxygen atoms in total. The number of aromatic nitrogens is 3. The van der Waals surface area contributed by atoms with E-state index >= 15 is 0 Å². The number of carbonyl (C=O) groups is 1. The zero-order valence-electron chi connectivity index (χ0n) is 15.6. The number of pyridine rings is 1. The lowest BCUT2D eigenvalue weighted by Gasteiger charge is -2.43. The maximum atomic E-state index is 12.2. The van der Waals surface area contributed by atoms with Crippen LogP contribution in [0.15, 0.2) is 12.3 Å². The molecule has 0 aromatic carbocycles. The highest BCUT2D eigenvalue weighted by Crippen LogP contribution is 2.56. The normalized spacial score (nSPS) is 29.4. The lowest BCUT2D eigenvalue weighted by Crippen LogP contribution is -2.53. The molecule has 144 valence electrons. The molecule has 0 atom stereocenters. The Morgan fingerprint density at radius 3 is 2.85 bits per heavy atom. The number of esters is 1. The predicted octanol–water partition coefficient (Wildman–Crippen LogP) is 2.05. The van der Waals surface area contributed by atoms with Gasteiger partial charge in [-0.1, -0.05) is 0 Å². The van der Waals surface area contributed by atoms with Gasteiger partial charge in [0.05, 0.1) is 31.5 Å². The zero-order chi connectivity index (χ0) is 18.6. The van der Waals surface area contributed by atoms with Gasteiger partial charge in [0, 0.05) is 31.5 Å². The maximum Gasteiger partial charge on any atom is 0.343 e. The Bertz CT molecular complexity index is 898. The van der Waals surface area contributed by atoms with Gasteiger partial charge in [-0.3, -0.25) is 4.68 Å². The van der Waals surface area contributed by atoms with Crippen LogP contribution in [0.3, 0.4) is 0 Å². The van der Waals surface area contributed by atoms with E-state index in [1.807, 2.05) is 10.9 Å². The molecule has 8 heteroatoms. The van der Waals surface area contributed by atoms with Crippen LogP contribution in [0.1, 0.15) is 42.5 Å². The lowest BCUT2D eigenvalue weighted by atomic mass is 9.69. The van der Waals surface area contributed by atoms with Gasteiger partial charge in [0.15, 0.2) is 5.65 Å². The fraction of sp³-hybridized carbons (Fsp3) is 0.632. The van der Waals surface area contributed by atoms with Crippen LogP contribution in [-0.2, 0) is 19.7 Å². The summed E-state index contributed by atoms with van der Waals surface area (Å²) in [5.41, 5.74) is 0.580. The van der Waals surface area contributed by atoms with Crippen LogP contribution in [0, 0.1) is 0 Å². The molecular formula is C19H23N3O5. The molecule has 2 bridgehead atoms. The highest BCUT2D eigenvalue weighted by Gasteiger charge is 2.64. The average molecular weight is 373 g/mol. The number of fused-ring (bicyclic) bond motifs is 2. The molecule has 2 saturated heterocycles. The Balaban J connectivity index is 1.49. The second-order valence-electron chi connectivity index (χ2n) is 7.97. The molecule has 0 unspecified atom stereocenters. The van der Waals surface area contributed by atoms with Crippen LogP contribution in [0.2, 0.25) is 0 Å². The molecule has 0 radical (unpaired) electrons. The summed E-state index contributed by atoms with van der Waals surface area (Å²) in [6.07, 6.45) is 6.90. The quantitative estimate of drug-likeness (QED) is 0.717. The van der Waals surface area contributed by atoms with Crippen LogP contribution >= 0.6 is 0 Å². The predicted molar refractivity (Wildman–Crippen MR) is 94.9 cm³/mol. The Morgan fingerprint density at radius 2 is 2.19 bits per heavy atom. The molecule has 27 heavy (non-hydrogen) atoms. The molecule has 2 saturated carbocycles. The van der Waals surface area contributed by atoms with Gasteiger partial charge in [0.1, 0.15) is 11.7 Å². The third-order valence-electron chi connectivity index (χ3n) is 6.04. The van der Waals surface area contributed by atoms with Gasteiger partial charge in [-0.15, -0.1) is 0 Å². The Labute approximate surface area is 156 Å². The minimum Gasteiger partial charge on any atom is -0.474 e. The third kappa shape index (κ3) is 2.54. The van der Waals surface area contributed by atoms with Crippen LogP contribution in [0.4, 0.5) is 0 Å². The Hall–Kier alpha value is -2.19. The largest absolute Gasteiger partial charge is 0.474 e. The molecule has 2 aliphatic heterocycles. The first kappa shape index (κ1) is 16.9. The van der Waals surface area contributed by atoms with Crippen molar-refractivity contribution in [1.82, 2.24) is 14.8 Å². The van der Waals surface area contributed by atoms with E-state index in [1.54, 1.807) is 13.2 Å². The highest BCUT2D eigenvalue weighted by atomic mass is 16.6. The van der Waals surface area contributed by atoms with Crippen LogP contribution < -0.4 is 4.74 Å². The summed E-state index contributed by atoms with van der Waals surface area (Å²) in [4.78, 5) is 16.8. The van der Waals surface area contributed by atoms with Gasteiger partial charge < -0.3 is 18.9 Å². The standard InChI is InChI=1S/C19H23N3O5/c1-24-11-19-8-18(9-19,10-26-19)22-7-12-6-14(17(23)25-2)16(20-15(12)21-22)27-13-4-3-5-13/h6-7,13H,3-5,8-11H2,1-2H3. The number of rotatable bonds is 6.